The Balaban J connectivity index is 3.20. The average molecular weight is 317 g/mol. The van der Waals surface area contributed by atoms with Gasteiger partial charge in [0.1, 0.15) is 10.7 Å². The average Bonchev–Trinajstić information content (AvgIpc) is 2.68. The Morgan fingerprint density at radius 2 is 2.10 bits per heavy atom. The van der Waals surface area contributed by atoms with Crippen LogP contribution in [0, 0.1) is 19.8 Å². The van der Waals surface area contributed by atoms with Gasteiger partial charge in [-0.05, 0) is 13.8 Å². The van der Waals surface area contributed by atoms with Gasteiger partial charge in [-0.25, -0.2) is 8.42 Å². The molecule has 0 aromatic carbocycles. The molecular weight excluding hydrogens is 294 g/mol. The molecule has 3 N–H and O–H groups in total. The van der Waals surface area contributed by atoms with Crippen LogP contribution in [0.1, 0.15) is 25.2 Å². The zero-order valence-electron chi connectivity index (χ0n) is 13.0. The van der Waals surface area contributed by atoms with Crippen LogP contribution in [-0.4, -0.2) is 46.6 Å². The second-order valence-corrected chi connectivity index (χ2v) is 6.88. The molecule has 0 spiro atoms. The van der Waals surface area contributed by atoms with Crippen LogP contribution < -0.4 is 5.73 Å². The Bertz CT molecular complexity index is 636. The third-order valence-electron chi connectivity index (χ3n) is 3.49. The molecule has 0 bridgehead atoms. The summed E-state index contributed by atoms with van der Waals surface area (Å²) in [6.07, 6.45) is 0. The van der Waals surface area contributed by atoms with E-state index in [1.54, 1.807) is 39.4 Å². The molecule has 0 aliphatic rings. The minimum Gasteiger partial charge on any atom is -0.409 e. The minimum absolute atomic E-state index is 0.00304. The maximum absolute atomic E-state index is 12.8. The fourth-order valence-electron chi connectivity index (χ4n) is 2.15. The van der Waals surface area contributed by atoms with Crippen LogP contribution in [-0.2, 0) is 17.1 Å². The fourth-order valence-corrected chi connectivity index (χ4v) is 4.09. The predicted molar refractivity (Wildman–Crippen MR) is 79.7 cm³/mol. The molecule has 21 heavy (non-hydrogen) atoms. The van der Waals surface area contributed by atoms with Gasteiger partial charge in [0.15, 0.2) is 0 Å². The molecule has 0 aliphatic carbocycles. The van der Waals surface area contributed by atoms with E-state index in [0.29, 0.717) is 17.9 Å². The highest BCUT2D eigenvalue weighted by Crippen LogP contribution is 2.23. The van der Waals surface area contributed by atoms with Crippen LogP contribution in [0.5, 0.6) is 0 Å². The first-order valence-electron chi connectivity index (χ1n) is 6.64. The number of sulfonamides is 1. The van der Waals surface area contributed by atoms with Crippen LogP contribution >= 0.6 is 0 Å². The van der Waals surface area contributed by atoms with Crippen molar-refractivity contribution in [2.24, 2.45) is 23.9 Å². The van der Waals surface area contributed by atoms with Gasteiger partial charge in [0.2, 0.25) is 10.0 Å². The number of aryl methyl sites for hydroxylation is 2. The van der Waals surface area contributed by atoms with Gasteiger partial charge in [-0.1, -0.05) is 19.0 Å². The number of hydrogen-bond acceptors (Lipinski definition) is 5. The Morgan fingerprint density at radius 3 is 2.48 bits per heavy atom. The van der Waals surface area contributed by atoms with Crippen LogP contribution in [0.2, 0.25) is 0 Å². The van der Waals surface area contributed by atoms with E-state index in [-0.39, 0.29) is 23.2 Å². The molecule has 1 rings (SSSR count). The van der Waals surface area contributed by atoms with E-state index in [1.807, 2.05) is 0 Å². The smallest absolute Gasteiger partial charge is 0.246 e. The Morgan fingerprint density at radius 1 is 1.52 bits per heavy atom. The third-order valence-corrected chi connectivity index (χ3v) is 5.68. The number of hydrogen-bond donors (Lipinski definition) is 2. The Labute approximate surface area is 125 Å². The highest BCUT2D eigenvalue weighted by molar-refractivity contribution is 7.89. The molecule has 8 nitrogen and oxygen atoms in total. The number of amidine groups is 1. The Kier molecular flexibility index (Phi) is 5.35. The first kappa shape index (κ1) is 17.4. The highest BCUT2D eigenvalue weighted by Gasteiger charge is 2.31. The lowest BCUT2D eigenvalue weighted by molar-refractivity contribution is 0.311. The lowest BCUT2D eigenvalue weighted by Gasteiger charge is -2.23. The standard InChI is InChI=1S/C12H23N5O3S/c1-6-17(7-8(2)12(13)15-18)21(19,20)11-9(3)14-16(5)10(11)4/h8,18H,6-7H2,1-5H3,(H2,13,15). The third kappa shape index (κ3) is 3.35. The quantitative estimate of drug-likeness (QED) is 0.342. The van der Waals surface area contributed by atoms with Gasteiger partial charge in [0.05, 0.1) is 11.4 Å². The monoisotopic (exact) mass is 317 g/mol. The lowest BCUT2D eigenvalue weighted by atomic mass is 10.1. The zero-order valence-corrected chi connectivity index (χ0v) is 13.8. The van der Waals surface area contributed by atoms with E-state index in [2.05, 4.69) is 10.3 Å². The second-order valence-electron chi connectivity index (χ2n) is 5.01. The molecular formula is C12H23N5O3S. The number of nitrogens with two attached hydrogens (primary N) is 1. The summed E-state index contributed by atoms with van der Waals surface area (Å²) in [5, 5.41) is 15.8. The van der Waals surface area contributed by atoms with E-state index in [4.69, 9.17) is 10.9 Å². The second kappa shape index (κ2) is 6.44. The largest absolute Gasteiger partial charge is 0.409 e. The van der Waals surface area contributed by atoms with Crippen molar-refractivity contribution in [3.8, 4) is 0 Å². The molecule has 120 valence electrons. The van der Waals surface area contributed by atoms with Gasteiger partial charge < -0.3 is 10.9 Å². The van der Waals surface area contributed by atoms with Crippen molar-refractivity contribution in [2.75, 3.05) is 13.1 Å². The Hall–Kier alpha value is -1.61. The maximum atomic E-state index is 12.8. The van der Waals surface area contributed by atoms with E-state index in [9.17, 15) is 8.42 Å². The number of oxime groups is 1. The van der Waals surface area contributed by atoms with Crippen molar-refractivity contribution in [3.05, 3.63) is 11.4 Å². The van der Waals surface area contributed by atoms with Crippen molar-refractivity contribution >= 4 is 15.9 Å². The molecule has 9 heteroatoms. The zero-order chi connectivity index (χ0) is 16.4. The van der Waals surface area contributed by atoms with Gasteiger partial charge in [-0.3, -0.25) is 4.68 Å². The molecule has 1 atom stereocenters. The van der Waals surface area contributed by atoms with Crippen molar-refractivity contribution in [3.63, 3.8) is 0 Å². The summed E-state index contributed by atoms with van der Waals surface area (Å²) in [4.78, 5) is 0.221. The predicted octanol–water partition coefficient (Wildman–Crippen LogP) is 0.430. The van der Waals surface area contributed by atoms with Gasteiger partial charge in [0.25, 0.3) is 0 Å². The molecule has 0 radical (unpaired) electrons. The summed E-state index contributed by atoms with van der Waals surface area (Å²) in [6.45, 7) is 7.27. The fraction of sp³-hybridized carbons (Fsp3) is 0.667. The SMILES string of the molecule is CCN(CC(C)C(N)=NO)S(=O)(=O)c1c(C)nn(C)c1C. The number of aromatic nitrogens is 2. The van der Waals surface area contributed by atoms with Crippen LogP contribution in [0.15, 0.2) is 10.1 Å². The molecule has 1 aromatic rings. The minimum atomic E-state index is -3.67. The first-order valence-corrected chi connectivity index (χ1v) is 8.08. The molecule has 1 heterocycles. The summed E-state index contributed by atoms with van der Waals surface area (Å²) in [5.74, 6) is -0.384. The van der Waals surface area contributed by atoms with Crippen molar-refractivity contribution in [1.82, 2.24) is 14.1 Å². The molecule has 0 saturated heterocycles. The summed E-state index contributed by atoms with van der Waals surface area (Å²) < 4.78 is 28.4. The van der Waals surface area contributed by atoms with Gasteiger partial charge in [-0.2, -0.15) is 9.40 Å². The molecule has 0 saturated carbocycles. The molecule has 1 unspecified atom stereocenters. The van der Waals surface area contributed by atoms with E-state index in [1.165, 1.54) is 4.31 Å². The van der Waals surface area contributed by atoms with E-state index < -0.39 is 10.0 Å². The normalized spacial score (nSPS) is 14.7. The first-order chi connectivity index (χ1) is 9.66. The molecule has 0 amide bonds. The lowest BCUT2D eigenvalue weighted by Crippen LogP contribution is -2.39. The summed E-state index contributed by atoms with van der Waals surface area (Å²) >= 11 is 0. The summed E-state index contributed by atoms with van der Waals surface area (Å²) in [5.41, 5.74) is 6.58. The van der Waals surface area contributed by atoms with Crippen molar-refractivity contribution in [1.29, 1.82) is 0 Å². The van der Waals surface area contributed by atoms with E-state index >= 15 is 0 Å². The van der Waals surface area contributed by atoms with Crippen LogP contribution in [0.4, 0.5) is 0 Å². The number of nitrogens with zero attached hydrogens (tertiary/aromatic N) is 4. The summed E-state index contributed by atoms with van der Waals surface area (Å²) in [6, 6.07) is 0. The summed E-state index contributed by atoms with van der Waals surface area (Å²) in [7, 11) is -1.97. The molecule has 0 fully saturated rings. The van der Waals surface area contributed by atoms with Crippen LogP contribution in [0.25, 0.3) is 0 Å². The van der Waals surface area contributed by atoms with Crippen molar-refractivity contribution < 1.29 is 13.6 Å². The van der Waals surface area contributed by atoms with Gasteiger partial charge >= 0.3 is 0 Å². The van der Waals surface area contributed by atoms with E-state index in [0.717, 1.165) is 0 Å². The highest BCUT2D eigenvalue weighted by atomic mass is 32.2. The van der Waals surface area contributed by atoms with Crippen molar-refractivity contribution in [2.45, 2.75) is 32.6 Å². The van der Waals surface area contributed by atoms with Crippen LogP contribution in [0.3, 0.4) is 0 Å². The number of rotatable bonds is 6. The molecule has 0 aliphatic heterocycles. The topological polar surface area (TPSA) is 114 Å². The molecule has 1 aromatic heterocycles. The maximum Gasteiger partial charge on any atom is 0.246 e. The van der Waals surface area contributed by atoms with Gasteiger partial charge in [0, 0.05) is 26.1 Å². The van der Waals surface area contributed by atoms with Gasteiger partial charge in [-0.15, -0.1) is 0 Å².